The summed E-state index contributed by atoms with van der Waals surface area (Å²) in [4.78, 5) is 114. The smallest absolute Gasteiger partial charge is 0.246 e. The first-order chi connectivity index (χ1) is 22.2. The van der Waals surface area contributed by atoms with Gasteiger partial charge in [-0.1, -0.05) is 41.0 Å². The fourth-order valence-electron chi connectivity index (χ4n) is 6.76. The van der Waals surface area contributed by atoms with E-state index in [4.69, 9.17) is 0 Å². The van der Waals surface area contributed by atoms with E-state index >= 15 is 0 Å². The largest absolute Gasteiger partial charge is 0.344 e. The zero-order chi connectivity index (χ0) is 35.0. The number of carbonyl (C=O) groups is 8. The molecule has 2 fully saturated rings. The fraction of sp³-hybridized carbons (Fsp3) is 0.657. The van der Waals surface area contributed by atoms with Gasteiger partial charge in [-0.05, 0) is 37.5 Å². The van der Waals surface area contributed by atoms with E-state index < -0.39 is 70.8 Å². The number of hydrogen-bond donors (Lipinski definition) is 1. The lowest BCUT2D eigenvalue weighted by molar-refractivity contribution is -0.145. The van der Waals surface area contributed by atoms with E-state index in [0.717, 1.165) is 0 Å². The lowest BCUT2D eigenvalue weighted by atomic mass is 9.84. The summed E-state index contributed by atoms with van der Waals surface area (Å²) in [6.07, 6.45) is 5.06. The summed E-state index contributed by atoms with van der Waals surface area (Å²) in [6, 6.07) is -2.02. The van der Waals surface area contributed by atoms with E-state index in [2.05, 4.69) is 15.3 Å². The van der Waals surface area contributed by atoms with Crippen molar-refractivity contribution in [3.63, 3.8) is 0 Å². The number of nitrogens with zero attached hydrogens (tertiary/aromatic N) is 3. The van der Waals surface area contributed by atoms with Gasteiger partial charge in [-0.3, -0.25) is 38.5 Å². The Morgan fingerprint density at radius 3 is 2.26 bits per heavy atom. The topological polar surface area (TPSA) is 178 Å². The Kier molecular flexibility index (Phi) is 13.4. The maximum Gasteiger partial charge on any atom is 0.246 e. The number of nitrogens with one attached hydrogen (secondary N) is 1. The van der Waals surface area contributed by atoms with Gasteiger partial charge < -0.3 is 15.0 Å². The summed E-state index contributed by atoms with van der Waals surface area (Å²) in [5.41, 5.74) is 0.137. The highest BCUT2D eigenvalue weighted by Crippen LogP contribution is 2.42. The molecule has 1 saturated carbocycles. The van der Waals surface area contributed by atoms with Crippen LogP contribution in [0.1, 0.15) is 103 Å². The van der Waals surface area contributed by atoms with Crippen LogP contribution in [0.15, 0.2) is 18.6 Å². The number of carbonyl (C=O) groups excluding carboxylic acids is 8. The molecule has 2 heterocycles. The first kappa shape index (κ1) is 37.5. The molecule has 1 aliphatic carbocycles. The molecule has 0 aromatic carbocycles. The van der Waals surface area contributed by atoms with Crippen LogP contribution in [-0.4, -0.2) is 80.0 Å². The zero-order valence-corrected chi connectivity index (χ0v) is 28.3. The SMILES string of the molecule is CCCC(CC(=O)[C@@H]1[C@H]2CCC(=O)[C@H]2CN1C(=O)[C@@H](NC(=O)[C@H](CC(=O)c1cnccn1)C(C)C)C(C)C)C(=O)C(=O)CCC(C)=O. The standard InChI is InChI=1S/C35H48N4O8/c1-7-8-22(33(45)28(42)11-9-21(6)40)15-30(44)32-23-10-12-27(41)25(23)18-39(32)35(47)31(20(4)5)38-34(46)24(19(2)3)16-29(43)26-17-36-13-14-37-26/h13-14,17,19-20,22-25,31-32H,7-12,15-16,18H2,1-6H3,(H,38,46)/t22?,23-,24+,25-,31-,32-/m0/s1. The predicted molar refractivity (Wildman–Crippen MR) is 171 cm³/mol. The van der Waals surface area contributed by atoms with Gasteiger partial charge in [0.25, 0.3) is 0 Å². The lowest BCUT2D eigenvalue weighted by Gasteiger charge is -2.33. The second kappa shape index (κ2) is 16.7. The molecule has 3 rings (SSSR count). The maximum absolute atomic E-state index is 14.2. The van der Waals surface area contributed by atoms with Crippen molar-refractivity contribution in [2.75, 3.05) is 6.54 Å². The molecule has 1 aliphatic heterocycles. The van der Waals surface area contributed by atoms with Crippen LogP contribution in [-0.2, 0) is 33.6 Å². The highest BCUT2D eigenvalue weighted by Gasteiger charge is 2.54. The highest BCUT2D eigenvalue weighted by molar-refractivity contribution is 6.38. The first-order valence-electron chi connectivity index (χ1n) is 16.7. The van der Waals surface area contributed by atoms with E-state index in [9.17, 15) is 38.4 Å². The van der Waals surface area contributed by atoms with Crippen molar-refractivity contribution in [1.29, 1.82) is 0 Å². The molecule has 1 aromatic heterocycles. The van der Waals surface area contributed by atoms with Crippen molar-refractivity contribution in [1.82, 2.24) is 20.2 Å². The number of fused-ring (bicyclic) bond motifs is 1. The lowest BCUT2D eigenvalue weighted by Crippen LogP contribution is -2.56. The van der Waals surface area contributed by atoms with Gasteiger partial charge >= 0.3 is 0 Å². The minimum absolute atomic E-state index is 0.0283. The summed E-state index contributed by atoms with van der Waals surface area (Å²) in [5.74, 6) is -6.61. The molecule has 0 radical (unpaired) electrons. The van der Waals surface area contributed by atoms with E-state index in [1.165, 1.54) is 30.4 Å². The normalized spacial score (nSPS) is 20.9. The van der Waals surface area contributed by atoms with Crippen LogP contribution in [0, 0.1) is 35.5 Å². The number of amides is 2. The number of aromatic nitrogens is 2. The van der Waals surface area contributed by atoms with Crippen LogP contribution in [0.4, 0.5) is 0 Å². The van der Waals surface area contributed by atoms with E-state index in [1.807, 2.05) is 6.92 Å². The molecule has 0 bridgehead atoms. The Bertz CT molecular complexity index is 1370. The van der Waals surface area contributed by atoms with Gasteiger partial charge in [0.15, 0.2) is 17.3 Å². The summed E-state index contributed by atoms with van der Waals surface area (Å²) in [5, 5.41) is 2.84. The predicted octanol–water partition coefficient (Wildman–Crippen LogP) is 3.15. The van der Waals surface area contributed by atoms with Gasteiger partial charge in [0.05, 0.1) is 12.2 Å². The Labute approximate surface area is 276 Å². The molecule has 12 nitrogen and oxygen atoms in total. The van der Waals surface area contributed by atoms with Crippen molar-refractivity contribution < 1.29 is 38.4 Å². The number of ketones is 6. The van der Waals surface area contributed by atoms with Crippen molar-refractivity contribution in [2.24, 2.45) is 35.5 Å². The van der Waals surface area contributed by atoms with Crippen molar-refractivity contribution in [3.05, 3.63) is 24.3 Å². The number of Topliss-reactive ketones (excluding diaryl/α,β-unsaturated/α-hetero) is 6. The summed E-state index contributed by atoms with van der Waals surface area (Å²) < 4.78 is 0. The van der Waals surface area contributed by atoms with Crippen LogP contribution >= 0.6 is 0 Å². The summed E-state index contributed by atoms with van der Waals surface area (Å²) >= 11 is 0. The Morgan fingerprint density at radius 2 is 1.68 bits per heavy atom. The van der Waals surface area contributed by atoms with Crippen LogP contribution in [0.2, 0.25) is 0 Å². The monoisotopic (exact) mass is 652 g/mol. The van der Waals surface area contributed by atoms with Crippen LogP contribution in [0.3, 0.4) is 0 Å². The third-order valence-corrected chi connectivity index (χ3v) is 9.46. The second-order valence-electron chi connectivity index (χ2n) is 13.7. The average molecular weight is 653 g/mol. The Balaban J connectivity index is 1.83. The zero-order valence-electron chi connectivity index (χ0n) is 28.3. The average Bonchev–Trinajstić information content (AvgIpc) is 3.59. The molecule has 256 valence electrons. The summed E-state index contributed by atoms with van der Waals surface area (Å²) in [6.45, 7) is 10.3. The summed E-state index contributed by atoms with van der Waals surface area (Å²) in [7, 11) is 0. The molecule has 1 aromatic rings. The Morgan fingerprint density at radius 1 is 0.979 bits per heavy atom. The van der Waals surface area contributed by atoms with Gasteiger partial charge in [0.2, 0.25) is 17.6 Å². The van der Waals surface area contributed by atoms with Crippen molar-refractivity contribution >= 4 is 46.5 Å². The molecule has 6 atom stereocenters. The minimum atomic E-state index is -1.04. The first-order valence-corrected chi connectivity index (χ1v) is 16.7. The fourth-order valence-corrected chi connectivity index (χ4v) is 6.76. The van der Waals surface area contributed by atoms with E-state index in [0.29, 0.717) is 25.7 Å². The molecule has 1 N–H and O–H groups in total. The molecular weight excluding hydrogens is 604 g/mol. The van der Waals surface area contributed by atoms with E-state index in [1.54, 1.807) is 27.7 Å². The molecule has 1 saturated heterocycles. The maximum atomic E-state index is 14.2. The molecule has 0 spiro atoms. The quantitative estimate of drug-likeness (QED) is 0.183. The van der Waals surface area contributed by atoms with Crippen LogP contribution < -0.4 is 5.32 Å². The molecule has 1 unspecified atom stereocenters. The molecule has 12 heteroatoms. The number of rotatable bonds is 18. The highest BCUT2D eigenvalue weighted by atomic mass is 16.2. The second-order valence-corrected chi connectivity index (χ2v) is 13.7. The third-order valence-electron chi connectivity index (χ3n) is 9.46. The van der Waals surface area contributed by atoms with Crippen molar-refractivity contribution in [2.45, 2.75) is 105 Å². The Hall–Kier alpha value is -3.96. The van der Waals surface area contributed by atoms with Gasteiger partial charge in [0, 0.05) is 68.8 Å². The van der Waals surface area contributed by atoms with Gasteiger partial charge in [-0.15, -0.1) is 0 Å². The number of likely N-dealkylation sites (tertiary alicyclic amines) is 1. The van der Waals surface area contributed by atoms with Crippen molar-refractivity contribution in [3.8, 4) is 0 Å². The van der Waals surface area contributed by atoms with Crippen LogP contribution in [0.5, 0.6) is 0 Å². The van der Waals surface area contributed by atoms with Gasteiger partial charge in [-0.25, -0.2) is 4.98 Å². The van der Waals surface area contributed by atoms with Gasteiger partial charge in [-0.2, -0.15) is 0 Å². The molecular formula is C35H48N4O8. The van der Waals surface area contributed by atoms with Crippen LogP contribution in [0.25, 0.3) is 0 Å². The minimum Gasteiger partial charge on any atom is -0.344 e. The molecule has 2 amide bonds. The molecule has 47 heavy (non-hydrogen) atoms. The molecule has 2 aliphatic rings. The van der Waals surface area contributed by atoms with E-state index in [-0.39, 0.29) is 61.2 Å². The third kappa shape index (κ3) is 9.32. The van der Waals surface area contributed by atoms with Gasteiger partial charge in [0.1, 0.15) is 23.3 Å². The number of hydrogen-bond acceptors (Lipinski definition) is 10.